The third-order valence-electron chi connectivity index (χ3n) is 6.54. The van der Waals surface area contributed by atoms with Crippen LogP contribution in [0.25, 0.3) is 5.70 Å². The van der Waals surface area contributed by atoms with Gasteiger partial charge >= 0.3 is 0 Å². The van der Waals surface area contributed by atoms with Gasteiger partial charge in [-0.25, -0.2) is 0 Å². The van der Waals surface area contributed by atoms with Crippen LogP contribution in [0.3, 0.4) is 0 Å². The summed E-state index contributed by atoms with van der Waals surface area (Å²) in [5.41, 5.74) is 6.17. The minimum Gasteiger partial charge on any atom is -0.493 e. The molecular formula is C30H42N2O3. The quantitative estimate of drug-likeness (QED) is 0.203. The molecule has 0 N–H and O–H groups in total. The Morgan fingerprint density at radius 1 is 1.14 bits per heavy atom. The number of likely N-dealkylation sites (N-methyl/N-ethyl adjacent to an activating group) is 1. The smallest absolute Gasteiger partial charge is 0.161 e. The van der Waals surface area contributed by atoms with Gasteiger partial charge in [-0.1, -0.05) is 39.0 Å². The Bertz CT molecular complexity index is 1040. The lowest BCUT2D eigenvalue weighted by Crippen LogP contribution is -2.28. The normalized spacial score (nSPS) is 17.2. The van der Waals surface area contributed by atoms with Gasteiger partial charge in [-0.15, -0.1) is 0 Å². The average Bonchev–Trinajstić information content (AvgIpc) is 2.88. The van der Waals surface area contributed by atoms with Gasteiger partial charge in [-0.05, 0) is 81.0 Å². The summed E-state index contributed by atoms with van der Waals surface area (Å²) in [4.78, 5) is 19.7. The van der Waals surface area contributed by atoms with Crippen molar-refractivity contribution in [3.8, 4) is 11.5 Å². The molecule has 0 bridgehead atoms. The highest BCUT2D eigenvalue weighted by Crippen LogP contribution is 2.32. The first-order valence-electron chi connectivity index (χ1n) is 12.6. The van der Waals surface area contributed by atoms with Crippen LogP contribution in [0, 0.1) is 5.92 Å². The number of benzene rings is 1. The van der Waals surface area contributed by atoms with E-state index >= 15 is 0 Å². The minimum atomic E-state index is -0.0503. The van der Waals surface area contributed by atoms with Crippen LogP contribution >= 0.6 is 0 Å². The standard InChI is InChI=1S/C30H42N2O3/c1-9-21(4)30(22(5)18-24(10-2)25-14-16-32(11-3)17-15-25)31-27(19-23(6)33)26-12-13-28(34-7)29(20-26)35-8/h10,12-14,18-21H,9,11,15-17H2,1-8H3/b22-18-,24-10+,27-19-,31-30-. The molecule has 1 aliphatic rings. The molecule has 1 heterocycles. The van der Waals surface area contributed by atoms with Crippen molar-refractivity contribution in [3.63, 3.8) is 0 Å². The molecule has 0 aromatic heterocycles. The topological polar surface area (TPSA) is 51.1 Å². The number of rotatable bonds is 11. The van der Waals surface area contributed by atoms with Crippen molar-refractivity contribution in [1.29, 1.82) is 0 Å². The van der Waals surface area contributed by atoms with Gasteiger partial charge in [0.15, 0.2) is 17.3 Å². The maximum atomic E-state index is 12.1. The first-order chi connectivity index (χ1) is 16.8. The van der Waals surface area contributed by atoms with Crippen molar-refractivity contribution in [1.82, 2.24) is 4.90 Å². The molecule has 0 fully saturated rings. The Balaban J connectivity index is 2.55. The van der Waals surface area contributed by atoms with E-state index in [-0.39, 0.29) is 11.7 Å². The first-order valence-corrected chi connectivity index (χ1v) is 12.6. The molecule has 1 aromatic carbocycles. The van der Waals surface area contributed by atoms with Crippen molar-refractivity contribution in [2.75, 3.05) is 33.9 Å². The molecule has 1 aromatic rings. The highest BCUT2D eigenvalue weighted by molar-refractivity contribution is 6.06. The van der Waals surface area contributed by atoms with Crippen molar-refractivity contribution < 1.29 is 14.3 Å². The van der Waals surface area contributed by atoms with E-state index in [0.717, 1.165) is 49.3 Å². The predicted molar refractivity (Wildman–Crippen MR) is 147 cm³/mol. The van der Waals surface area contributed by atoms with E-state index in [4.69, 9.17) is 14.5 Å². The highest BCUT2D eigenvalue weighted by atomic mass is 16.5. The van der Waals surface area contributed by atoms with E-state index in [1.54, 1.807) is 27.2 Å². The molecule has 0 saturated carbocycles. The zero-order valence-electron chi connectivity index (χ0n) is 22.8. The number of ether oxygens (including phenoxy) is 2. The second kappa shape index (κ2) is 13.8. The molecule has 0 radical (unpaired) electrons. The second-order valence-corrected chi connectivity index (χ2v) is 8.96. The molecular weight excluding hydrogens is 436 g/mol. The number of aliphatic imine (C=N–C) groups is 1. The monoisotopic (exact) mass is 478 g/mol. The largest absolute Gasteiger partial charge is 0.493 e. The zero-order chi connectivity index (χ0) is 26.0. The van der Waals surface area contributed by atoms with Crippen LogP contribution in [0.5, 0.6) is 11.5 Å². The number of allylic oxidation sites excluding steroid dienone is 5. The SMILES string of the molecule is C\C=C(/C=C(C)\C(=N/C(=C\C(C)=O)c1ccc(OC)c(OC)c1)C(C)CC)C1=CCN(CC)CC1. The van der Waals surface area contributed by atoms with Crippen molar-refractivity contribution in [3.05, 3.63) is 64.8 Å². The van der Waals surface area contributed by atoms with Crippen LogP contribution in [0.2, 0.25) is 0 Å². The molecule has 2 rings (SSSR count). The van der Waals surface area contributed by atoms with E-state index in [1.165, 1.54) is 11.1 Å². The van der Waals surface area contributed by atoms with Crippen LogP contribution in [0.15, 0.2) is 64.2 Å². The Morgan fingerprint density at radius 2 is 1.86 bits per heavy atom. The predicted octanol–water partition coefficient (Wildman–Crippen LogP) is 6.67. The van der Waals surface area contributed by atoms with Crippen molar-refractivity contribution in [2.45, 2.75) is 54.4 Å². The summed E-state index contributed by atoms with van der Waals surface area (Å²) in [6, 6.07) is 5.63. The molecule has 5 nitrogen and oxygen atoms in total. The number of carbonyl (C=O) groups excluding carboxylic acids is 1. The van der Waals surface area contributed by atoms with E-state index in [0.29, 0.717) is 17.2 Å². The van der Waals surface area contributed by atoms with Crippen molar-refractivity contribution >= 4 is 17.2 Å². The molecule has 0 saturated heterocycles. The summed E-state index contributed by atoms with van der Waals surface area (Å²) < 4.78 is 10.9. The Morgan fingerprint density at radius 3 is 2.37 bits per heavy atom. The fraction of sp³-hybridized carbons (Fsp3) is 0.467. The summed E-state index contributed by atoms with van der Waals surface area (Å²) in [7, 11) is 3.21. The van der Waals surface area contributed by atoms with E-state index < -0.39 is 0 Å². The lowest BCUT2D eigenvalue weighted by Gasteiger charge is -2.25. The lowest BCUT2D eigenvalue weighted by molar-refractivity contribution is -0.112. The van der Waals surface area contributed by atoms with Crippen LogP contribution < -0.4 is 9.47 Å². The van der Waals surface area contributed by atoms with Crippen LogP contribution in [0.1, 0.15) is 59.9 Å². The number of carbonyl (C=O) groups is 1. The molecule has 190 valence electrons. The van der Waals surface area contributed by atoms with Crippen LogP contribution in [-0.2, 0) is 4.79 Å². The van der Waals surface area contributed by atoms with Gasteiger partial charge in [0.05, 0.1) is 19.9 Å². The molecule has 1 unspecified atom stereocenters. The van der Waals surface area contributed by atoms with E-state index in [2.05, 4.69) is 57.7 Å². The Hall–Kier alpha value is -2.92. The third kappa shape index (κ3) is 7.79. The number of hydrogen-bond acceptors (Lipinski definition) is 5. The van der Waals surface area contributed by atoms with Gasteiger partial charge in [0, 0.05) is 30.4 Å². The van der Waals surface area contributed by atoms with Crippen LogP contribution in [0.4, 0.5) is 0 Å². The first kappa shape index (κ1) is 28.3. The number of hydrogen-bond donors (Lipinski definition) is 0. The van der Waals surface area contributed by atoms with Gasteiger partial charge in [0.25, 0.3) is 0 Å². The lowest BCUT2D eigenvalue weighted by atomic mass is 9.92. The van der Waals surface area contributed by atoms with Gasteiger partial charge in [0.1, 0.15) is 0 Å². The van der Waals surface area contributed by atoms with Crippen LogP contribution in [-0.4, -0.2) is 50.2 Å². The molecule has 5 heteroatoms. The second-order valence-electron chi connectivity index (χ2n) is 8.96. The highest BCUT2D eigenvalue weighted by Gasteiger charge is 2.17. The third-order valence-corrected chi connectivity index (χ3v) is 6.54. The van der Waals surface area contributed by atoms with Crippen molar-refractivity contribution in [2.24, 2.45) is 10.9 Å². The van der Waals surface area contributed by atoms with Gasteiger partial charge in [-0.2, -0.15) is 0 Å². The molecule has 1 aliphatic heterocycles. The molecule has 0 spiro atoms. The van der Waals surface area contributed by atoms with E-state index in [1.807, 2.05) is 18.2 Å². The summed E-state index contributed by atoms with van der Waals surface area (Å²) >= 11 is 0. The number of methoxy groups -OCH3 is 2. The summed E-state index contributed by atoms with van der Waals surface area (Å²) in [5.74, 6) is 1.43. The Kier molecular flexibility index (Phi) is 11.2. The maximum absolute atomic E-state index is 12.1. The minimum absolute atomic E-state index is 0.0503. The van der Waals surface area contributed by atoms with E-state index in [9.17, 15) is 4.79 Å². The van der Waals surface area contributed by atoms with Gasteiger partial charge in [-0.3, -0.25) is 14.7 Å². The molecule has 1 atom stereocenters. The summed E-state index contributed by atoms with van der Waals surface area (Å²) in [5, 5.41) is 0. The summed E-state index contributed by atoms with van der Waals surface area (Å²) in [6.07, 6.45) is 10.4. The average molecular weight is 479 g/mol. The molecule has 0 aliphatic carbocycles. The number of nitrogens with zero attached hydrogens (tertiary/aromatic N) is 2. The fourth-order valence-corrected chi connectivity index (χ4v) is 4.21. The number of ketones is 1. The molecule has 0 amide bonds. The fourth-order valence-electron chi connectivity index (χ4n) is 4.21. The maximum Gasteiger partial charge on any atom is 0.161 e. The van der Waals surface area contributed by atoms with Gasteiger partial charge < -0.3 is 9.47 Å². The zero-order valence-corrected chi connectivity index (χ0v) is 22.8. The van der Waals surface area contributed by atoms with Gasteiger partial charge in [0.2, 0.25) is 0 Å². The molecule has 35 heavy (non-hydrogen) atoms. The Labute approximate surface area is 211 Å². The summed E-state index contributed by atoms with van der Waals surface area (Å²) in [6.45, 7) is 15.5.